The second kappa shape index (κ2) is 8.97. The van der Waals surface area contributed by atoms with Crippen molar-refractivity contribution in [3.05, 3.63) is 41.6 Å². The molecule has 1 aromatic carbocycles. The molecular weight excluding hydrogens is 360 g/mol. The normalized spacial score (nSPS) is 15.6. The van der Waals surface area contributed by atoms with Crippen molar-refractivity contribution in [2.45, 2.75) is 38.5 Å². The smallest absolute Gasteiger partial charge is 0.337 e. The number of methoxy groups -OCH3 is 1. The van der Waals surface area contributed by atoms with Gasteiger partial charge in [-0.15, -0.1) is 10.2 Å². The summed E-state index contributed by atoms with van der Waals surface area (Å²) in [6.07, 6.45) is 1.78. The summed E-state index contributed by atoms with van der Waals surface area (Å²) < 4.78 is 10.4. The number of nitrogens with one attached hydrogen (secondary N) is 1. The Kier molecular flexibility index (Phi) is 6.41. The van der Waals surface area contributed by atoms with Crippen molar-refractivity contribution in [3.8, 4) is 0 Å². The van der Waals surface area contributed by atoms with Crippen molar-refractivity contribution >= 4 is 17.6 Å². The van der Waals surface area contributed by atoms with Gasteiger partial charge in [0.05, 0.1) is 19.2 Å². The Morgan fingerprint density at radius 3 is 2.46 bits per heavy atom. The van der Waals surface area contributed by atoms with Crippen LogP contribution in [-0.4, -0.2) is 53.7 Å². The zero-order chi connectivity index (χ0) is 20.1. The lowest BCUT2D eigenvalue weighted by Crippen LogP contribution is -2.38. The molecule has 3 rings (SSSR count). The summed E-state index contributed by atoms with van der Waals surface area (Å²) in [5.74, 6) is 1.39. The summed E-state index contributed by atoms with van der Waals surface area (Å²) in [6.45, 7) is 5.99. The largest absolute Gasteiger partial charge is 0.465 e. The van der Waals surface area contributed by atoms with E-state index in [-0.39, 0.29) is 17.7 Å². The van der Waals surface area contributed by atoms with Gasteiger partial charge in [-0.3, -0.25) is 9.69 Å². The maximum absolute atomic E-state index is 12.3. The first kappa shape index (κ1) is 20.0. The molecule has 150 valence electrons. The number of ether oxygens (including phenoxy) is 1. The first-order chi connectivity index (χ1) is 13.5. The first-order valence-corrected chi connectivity index (χ1v) is 9.50. The maximum Gasteiger partial charge on any atom is 0.337 e. The quantitative estimate of drug-likeness (QED) is 0.762. The number of likely N-dealkylation sites (tertiary alicyclic amines) is 1. The molecule has 8 nitrogen and oxygen atoms in total. The van der Waals surface area contributed by atoms with Crippen molar-refractivity contribution in [1.82, 2.24) is 15.1 Å². The predicted octanol–water partition coefficient (Wildman–Crippen LogP) is 2.80. The Balaban J connectivity index is 1.46. The van der Waals surface area contributed by atoms with Gasteiger partial charge in [-0.1, -0.05) is 13.8 Å². The highest BCUT2D eigenvalue weighted by Crippen LogP contribution is 2.28. The summed E-state index contributed by atoms with van der Waals surface area (Å²) in [6, 6.07) is 6.64. The molecule has 0 saturated carbocycles. The highest BCUT2D eigenvalue weighted by Gasteiger charge is 2.26. The molecule has 1 aromatic heterocycles. The van der Waals surface area contributed by atoms with Crippen LogP contribution in [0.25, 0.3) is 0 Å². The average molecular weight is 386 g/mol. The van der Waals surface area contributed by atoms with Gasteiger partial charge < -0.3 is 14.5 Å². The van der Waals surface area contributed by atoms with Crippen LogP contribution in [0.15, 0.2) is 28.7 Å². The zero-order valence-corrected chi connectivity index (χ0v) is 16.5. The molecule has 1 saturated heterocycles. The van der Waals surface area contributed by atoms with E-state index in [9.17, 15) is 9.59 Å². The summed E-state index contributed by atoms with van der Waals surface area (Å²) in [5, 5.41) is 11.1. The van der Waals surface area contributed by atoms with E-state index in [4.69, 9.17) is 4.42 Å². The van der Waals surface area contributed by atoms with Crippen LogP contribution in [0.1, 0.15) is 60.7 Å². The fourth-order valence-corrected chi connectivity index (χ4v) is 3.19. The average Bonchev–Trinajstić information content (AvgIpc) is 3.19. The van der Waals surface area contributed by atoms with Crippen LogP contribution in [0, 0.1) is 0 Å². The van der Waals surface area contributed by atoms with E-state index in [1.165, 1.54) is 7.11 Å². The maximum atomic E-state index is 12.3. The van der Waals surface area contributed by atoms with Crippen LogP contribution < -0.4 is 5.32 Å². The van der Waals surface area contributed by atoms with E-state index in [0.717, 1.165) is 25.9 Å². The lowest BCUT2D eigenvalue weighted by atomic mass is 9.97. The third kappa shape index (κ3) is 4.95. The van der Waals surface area contributed by atoms with E-state index in [0.29, 0.717) is 29.6 Å². The first-order valence-electron chi connectivity index (χ1n) is 9.50. The van der Waals surface area contributed by atoms with Crippen LogP contribution in [0.3, 0.4) is 0 Å². The molecule has 0 aliphatic carbocycles. The molecule has 0 bridgehead atoms. The Hall–Kier alpha value is -2.74. The van der Waals surface area contributed by atoms with Crippen LogP contribution in [0.4, 0.5) is 5.69 Å². The number of benzene rings is 1. The summed E-state index contributed by atoms with van der Waals surface area (Å²) in [7, 11) is 1.34. The van der Waals surface area contributed by atoms with Gasteiger partial charge in [-0.25, -0.2) is 4.79 Å². The fourth-order valence-electron chi connectivity index (χ4n) is 3.19. The summed E-state index contributed by atoms with van der Waals surface area (Å²) in [4.78, 5) is 25.9. The molecule has 1 fully saturated rings. The predicted molar refractivity (Wildman–Crippen MR) is 103 cm³/mol. The molecule has 0 atom stereocenters. The van der Waals surface area contributed by atoms with E-state index in [2.05, 4.69) is 25.2 Å². The SMILES string of the molecule is COC(=O)c1ccc(NC(=O)CN2CCC(c3nnc(C(C)C)o3)CC2)cc1. The molecule has 28 heavy (non-hydrogen) atoms. The van der Waals surface area contributed by atoms with E-state index in [1.807, 2.05) is 13.8 Å². The minimum atomic E-state index is -0.400. The Bertz CT molecular complexity index is 808. The third-order valence-electron chi connectivity index (χ3n) is 4.84. The number of rotatable bonds is 6. The van der Waals surface area contributed by atoms with Gasteiger partial charge in [0.15, 0.2) is 0 Å². The van der Waals surface area contributed by atoms with Crippen molar-refractivity contribution in [1.29, 1.82) is 0 Å². The molecule has 1 aliphatic rings. The number of esters is 1. The van der Waals surface area contributed by atoms with Crippen molar-refractivity contribution in [3.63, 3.8) is 0 Å². The highest BCUT2D eigenvalue weighted by molar-refractivity contribution is 5.93. The van der Waals surface area contributed by atoms with Gasteiger partial charge in [0, 0.05) is 17.5 Å². The Labute approximate surface area is 164 Å². The van der Waals surface area contributed by atoms with E-state index >= 15 is 0 Å². The highest BCUT2D eigenvalue weighted by atomic mass is 16.5. The lowest BCUT2D eigenvalue weighted by molar-refractivity contribution is -0.117. The molecule has 1 aliphatic heterocycles. The molecule has 1 amide bonds. The fraction of sp³-hybridized carbons (Fsp3) is 0.500. The molecule has 1 N–H and O–H groups in total. The number of hydrogen-bond acceptors (Lipinski definition) is 7. The van der Waals surface area contributed by atoms with Gasteiger partial charge in [-0.05, 0) is 50.2 Å². The van der Waals surface area contributed by atoms with E-state index < -0.39 is 5.97 Å². The third-order valence-corrected chi connectivity index (χ3v) is 4.84. The number of carbonyl (C=O) groups excluding carboxylic acids is 2. The van der Waals surface area contributed by atoms with Gasteiger partial charge in [0.25, 0.3) is 0 Å². The summed E-state index contributed by atoms with van der Waals surface area (Å²) in [5.41, 5.74) is 1.10. The van der Waals surface area contributed by atoms with Crippen molar-refractivity contribution < 1.29 is 18.7 Å². The van der Waals surface area contributed by atoms with Crippen LogP contribution >= 0.6 is 0 Å². The zero-order valence-electron chi connectivity index (χ0n) is 16.5. The number of nitrogens with zero attached hydrogens (tertiary/aromatic N) is 3. The molecule has 2 heterocycles. The van der Waals surface area contributed by atoms with E-state index in [1.54, 1.807) is 24.3 Å². The number of hydrogen-bond donors (Lipinski definition) is 1. The lowest BCUT2D eigenvalue weighted by Gasteiger charge is -2.29. The molecule has 0 radical (unpaired) electrons. The topological polar surface area (TPSA) is 97.6 Å². The molecule has 2 aromatic rings. The van der Waals surface area contributed by atoms with Crippen molar-refractivity contribution in [2.24, 2.45) is 0 Å². The number of anilines is 1. The van der Waals surface area contributed by atoms with Gasteiger partial charge in [-0.2, -0.15) is 0 Å². The number of carbonyl (C=O) groups is 2. The molecule has 0 spiro atoms. The number of amides is 1. The minimum Gasteiger partial charge on any atom is -0.465 e. The van der Waals surface area contributed by atoms with Crippen molar-refractivity contribution in [2.75, 3.05) is 32.1 Å². The molecule has 0 unspecified atom stereocenters. The standard InChI is InChI=1S/C20H26N4O4/c1-13(2)18-22-23-19(28-18)14-8-10-24(11-9-14)12-17(25)21-16-6-4-15(5-7-16)20(26)27-3/h4-7,13-14H,8-12H2,1-3H3,(H,21,25). The number of aromatic nitrogens is 2. The Morgan fingerprint density at radius 1 is 1.21 bits per heavy atom. The van der Waals surface area contributed by atoms with Crippen LogP contribution in [0.2, 0.25) is 0 Å². The minimum absolute atomic E-state index is 0.0795. The monoisotopic (exact) mass is 386 g/mol. The Morgan fingerprint density at radius 2 is 1.89 bits per heavy atom. The van der Waals surface area contributed by atoms with Gasteiger partial charge in [0.2, 0.25) is 17.7 Å². The molecular formula is C20H26N4O4. The summed E-state index contributed by atoms with van der Waals surface area (Å²) >= 11 is 0. The van der Waals surface area contributed by atoms with Crippen LogP contribution in [-0.2, 0) is 9.53 Å². The number of piperidine rings is 1. The second-order valence-corrected chi connectivity index (χ2v) is 7.30. The van der Waals surface area contributed by atoms with Gasteiger partial charge in [0.1, 0.15) is 0 Å². The molecule has 8 heteroatoms. The van der Waals surface area contributed by atoms with Crippen LogP contribution in [0.5, 0.6) is 0 Å². The van der Waals surface area contributed by atoms with Gasteiger partial charge >= 0.3 is 5.97 Å². The second-order valence-electron chi connectivity index (χ2n) is 7.30.